The van der Waals surface area contributed by atoms with Crippen molar-refractivity contribution < 1.29 is 9.90 Å². The summed E-state index contributed by atoms with van der Waals surface area (Å²) in [6.07, 6.45) is 1.63. The van der Waals surface area contributed by atoms with Gasteiger partial charge >= 0.3 is 5.97 Å². The predicted octanol–water partition coefficient (Wildman–Crippen LogP) is 1.41. The third-order valence-electron chi connectivity index (χ3n) is 2.46. The molecule has 1 saturated heterocycles. The summed E-state index contributed by atoms with van der Waals surface area (Å²) in [7, 11) is 0. The van der Waals surface area contributed by atoms with Crippen LogP contribution in [0.4, 0.5) is 0 Å². The highest BCUT2D eigenvalue weighted by Gasteiger charge is 2.43. The number of aliphatic carboxylic acids is 1. The minimum absolute atomic E-state index is 0.697. The number of carboxylic acid groups (broad SMARTS) is 1. The molecule has 0 aromatic carbocycles. The van der Waals surface area contributed by atoms with E-state index >= 15 is 0 Å². The smallest absolute Gasteiger partial charge is 0.329 e. The van der Waals surface area contributed by atoms with Crippen LogP contribution in [0, 0.1) is 0 Å². The zero-order chi connectivity index (χ0) is 9.31. The minimum Gasteiger partial charge on any atom is -0.480 e. The Morgan fingerprint density at radius 1 is 1.69 bits per heavy atom. The molecular weight excluding hydrogens is 186 g/mol. The van der Waals surface area contributed by atoms with Gasteiger partial charge in [-0.2, -0.15) is 0 Å². The monoisotopic (exact) mass is 197 g/mol. The Kier molecular flexibility index (Phi) is 2.09. The first-order chi connectivity index (χ1) is 6.26. The van der Waals surface area contributed by atoms with Crippen molar-refractivity contribution in [2.45, 2.75) is 18.4 Å². The van der Waals surface area contributed by atoms with Gasteiger partial charge in [0.2, 0.25) is 0 Å². The second-order valence-corrected chi connectivity index (χ2v) is 4.17. The highest BCUT2D eigenvalue weighted by Crippen LogP contribution is 2.33. The van der Waals surface area contributed by atoms with E-state index < -0.39 is 11.5 Å². The van der Waals surface area contributed by atoms with E-state index in [2.05, 4.69) is 5.32 Å². The number of hydrogen-bond acceptors (Lipinski definition) is 3. The van der Waals surface area contributed by atoms with E-state index in [4.69, 9.17) is 0 Å². The number of nitrogens with one attached hydrogen (secondary N) is 1. The van der Waals surface area contributed by atoms with Gasteiger partial charge in [-0.15, -0.1) is 11.3 Å². The highest BCUT2D eigenvalue weighted by molar-refractivity contribution is 7.10. The van der Waals surface area contributed by atoms with Crippen LogP contribution < -0.4 is 5.32 Å². The van der Waals surface area contributed by atoms with E-state index in [0.717, 1.165) is 17.8 Å². The summed E-state index contributed by atoms with van der Waals surface area (Å²) in [6, 6.07) is 3.78. The van der Waals surface area contributed by atoms with Gasteiger partial charge in [-0.3, -0.25) is 5.32 Å². The Hall–Kier alpha value is -0.870. The summed E-state index contributed by atoms with van der Waals surface area (Å²) in [5.74, 6) is -0.757. The van der Waals surface area contributed by atoms with Crippen LogP contribution in [0.25, 0.3) is 0 Å². The van der Waals surface area contributed by atoms with Crippen molar-refractivity contribution >= 4 is 17.3 Å². The summed E-state index contributed by atoms with van der Waals surface area (Å²) in [6.45, 7) is 0.796. The first kappa shape index (κ1) is 8.72. The fourth-order valence-electron chi connectivity index (χ4n) is 1.76. The van der Waals surface area contributed by atoms with E-state index in [1.54, 1.807) is 0 Å². The summed E-state index contributed by atoms with van der Waals surface area (Å²) in [5, 5.41) is 14.2. The van der Waals surface area contributed by atoms with Crippen molar-refractivity contribution in [3.05, 3.63) is 22.4 Å². The Morgan fingerprint density at radius 2 is 2.54 bits per heavy atom. The molecular formula is C9H11NO2S. The van der Waals surface area contributed by atoms with E-state index in [0.29, 0.717) is 6.42 Å². The predicted molar refractivity (Wildman–Crippen MR) is 50.9 cm³/mol. The molecule has 1 atom stereocenters. The molecule has 0 amide bonds. The van der Waals surface area contributed by atoms with Crippen molar-refractivity contribution in [2.75, 3.05) is 6.54 Å². The van der Waals surface area contributed by atoms with Crippen LogP contribution in [0.1, 0.15) is 17.7 Å². The van der Waals surface area contributed by atoms with Gasteiger partial charge in [-0.05, 0) is 30.8 Å². The zero-order valence-electron chi connectivity index (χ0n) is 7.12. The first-order valence-electron chi connectivity index (χ1n) is 4.28. The molecule has 2 heterocycles. The van der Waals surface area contributed by atoms with E-state index in [1.165, 1.54) is 11.3 Å². The number of carbonyl (C=O) groups is 1. The quantitative estimate of drug-likeness (QED) is 0.753. The van der Waals surface area contributed by atoms with E-state index in [-0.39, 0.29) is 0 Å². The molecule has 3 nitrogen and oxygen atoms in total. The number of hydrogen-bond donors (Lipinski definition) is 2. The molecule has 0 spiro atoms. The maximum atomic E-state index is 11.2. The van der Waals surface area contributed by atoms with Gasteiger partial charge in [0.05, 0.1) is 0 Å². The Labute approximate surface area is 80.4 Å². The standard InChI is InChI=1S/C9H11NO2S/c11-8(12)9(4-2-5-10-9)7-3-1-6-13-7/h1,3,6,10H,2,4-5H2,(H,11,12). The van der Waals surface area contributed by atoms with Crippen LogP contribution in [0.15, 0.2) is 17.5 Å². The molecule has 2 rings (SSSR count). The molecule has 2 N–H and O–H groups in total. The lowest BCUT2D eigenvalue weighted by atomic mass is 9.96. The fourth-order valence-corrected chi connectivity index (χ4v) is 2.69. The van der Waals surface area contributed by atoms with Crippen LogP contribution in [0.3, 0.4) is 0 Å². The van der Waals surface area contributed by atoms with Gasteiger partial charge in [0.1, 0.15) is 0 Å². The molecule has 70 valence electrons. The average Bonchev–Trinajstić information content (AvgIpc) is 2.75. The highest BCUT2D eigenvalue weighted by atomic mass is 32.1. The number of carboxylic acids is 1. The second kappa shape index (κ2) is 3.12. The van der Waals surface area contributed by atoms with Crippen LogP contribution in [0.2, 0.25) is 0 Å². The summed E-state index contributed by atoms with van der Waals surface area (Å²) < 4.78 is 0. The molecule has 1 unspecified atom stereocenters. The zero-order valence-corrected chi connectivity index (χ0v) is 7.93. The molecule has 1 aliphatic heterocycles. The molecule has 0 aliphatic carbocycles. The normalized spacial score (nSPS) is 27.7. The third kappa shape index (κ3) is 1.26. The third-order valence-corrected chi connectivity index (χ3v) is 3.49. The van der Waals surface area contributed by atoms with Crippen LogP contribution in [-0.4, -0.2) is 17.6 Å². The number of thiophene rings is 1. The summed E-state index contributed by atoms with van der Waals surface area (Å²) in [5.41, 5.74) is -0.797. The SMILES string of the molecule is O=C(O)C1(c2cccs2)CCCN1. The molecule has 4 heteroatoms. The lowest BCUT2D eigenvalue weighted by molar-refractivity contribution is -0.144. The Morgan fingerprint density at radius 3 is 3.00 bits per heavy atom. The van der Waals surface area contributed by atoms with Crippen molar-refractivity contribution in [3.63, 3.8) is 0 Å². The molecule has 0 bridgehead atoms. The number of rotatable bonds is 2. The van der Waals surface area contributed by atoms with Crippen molar-refractivity contribution in [2.24, 2.45) is 0 Å². The molecule has 1 aromatic rings. The fraction of sp³-hybridized carbons (Fsp3) is 0.444. The van der Waals surface area contributed by atoms with Gasteiger partial charge in [0, 0.05) is 4.88 Å². The molecule has 0 saturated carbocycles. The topological polar surface area (TPSA) is 49.3 Å². The molecule has 0 radical (unpaired) electrons. The van der Waals surface area contributed by atoms with Crippen molar-refractivity contribution in [1.82, 2.24) is 5.32 Å². The van der Waals surface area contributed by atoms with E-state index in [9.17, 15) is 9.90 Å². The molecule has 1 fully saturated rings. The van der Waals surface area contributed by atoms with Crippen LogP contribution in [-0.2, 0) is 10.3 Å². The van der Waals surface area contributed by atoms with Crippen LogP contribution >= 0.6 is 11.3 Å². The molecule has 13 heavy (non-hydrogen) atoms. The maximum absolute atomic E-state index is 11.2. The van der Waals surface area contributed by atoms with Crippen molar-refractivity contribution in [1.29, 1.82) is 0 Å². The average molecular weight is 197 g/mol. The Balaban J connectivity index is 2.39. The van der Waals surface area contributed by atoms with Gasteiger partial charge in [-0.1, -0.05) is 6.07 Å². The van der Waals surface area contributed by atoms with E-state index in [1.807, 2.05) is 17.5 Å². The lowest BCUT2D eigenvalue weighted by Crippen LogP contribution is -2.43. The van der Waals surface area contributed by atoms with Gasteiger partial charge < -0.3 is 5.11 Å². The minimum atomic E-state index is -0.797. The Bertz CT molecular complexity index is 301. The first-order valence-corrected chi connectivity index (χ1v) is 5.16. The lowest BCUT2D eigenvalue weighted by Gasteiger charge is -2.22. The van der Waals surface area contributed by atoms with Crippen LogP contribution in [0.5, 0.6) is 0 Å². The van der Waals surface area contributed by atoms with Gasteiger partial charge in [0.15, 0.2) is 5.54 Å². The maximum Gasteiger partial charge on any atom is 0.329 e. The largest absolute Gasteiger partial charge is 0.480 e. The summed E-state index contributed by atoms with van der Waals surface area (Å²) >= 11 is 1.50. The molecule has 1 aliphatic rings. The van der Waals surface area contributed by atoms with Gasteiger partial charge in [0.25, 0.3) is 0 Å². The summed E-state index contributed by atoms with van der Waals surface area (Å²) in [4.78, 5) is 12.1. The van der Waals surface area contributed by atoms with Crippen molar-refractivity contribution in [3.8, 4) is 0 Å². The van der Waals surface area contributed by atoms with Gasteiger partial charge in [-0.25, -0.2) is 4.79 Å². The second-order valence-electron chi connectivity index (χ2n) is 3.22. The molecule has 1 aromatic heterocycles.